The highest BCUT2D eigenvalue weighted by molar-refractivity contribution is 5.87. The van der Waals surface area contributed by atoms with E-state index >= 15 is 0 Å². The number of carbonyl (C=O) groups excluding carboxylic acids is 2. The van der Waals surface area contributed by atoms with Gasteiger partial charge in [-0.3, -0.25) is 9.59 Å². The number of nitrogens with zero attached hydrogens (tertiary/aromatic N) is 2. The predicted octanol–water partition coefficient (Wildman–Crippen LogP) is 2.22. The molecule has 5 nitrogen and oxygen atoms in total. The van der Waals surface area contributed by atoms with Crippen LogP contribution in [0.5, 0.6) is 0 Å². The van der Waals surface area contributed by atoms with Crippen molar-refractivity contribution >= 4 is 11.9 Å². The van der Waals surface area contributed by atoms with Crippen LogP contribution >= 0.6 is 0 Å². The molecular formula is C17H30N2O3. The van der Waals surface area contributed by atoms with E-state index in [4.69, 9.17) is 4.74 Å². The Balaban J connectivity index is 1.95. The number of rotatable bonds is 9. The second kappa shape index (κ2) is 11.2. The monoisotopic (exact) mass is 310 g/mol. The fourth-order valence-electron chi connectivity index (χ4n) is 2.43. The van der Waals surface area contributed by atoms with Gasteiger partial charge in [0, 0.05) is 33.1 Å². The number of ether oxygens (including phenoxy) is 1. The lowest BCUT2D eigenvalue weighted by molar-refractivity contribution is -0.141. The first-order valence-corrected chi connectivity index (χ1v) is 8.37. The average molecular weight is 310 g/mol. The highest BCUT2D eigenvalue weighted by atomic mass is 16.5. The van der Waals surface area contributed by atoms with E-state index in [2.05, 4.69) is 11.9 Å². The normalized spacial score (nSPS) is 16.2. The first-order valence-electron chi connectivity index (χ1n) is 8.37. The number of piperazine rings is 1. The maximum atomic E-state index is 11.9. The van der Waals surface area contributed by atoms with Crippen molar-refractivity contribution in [3.05, 3.63) is 12.2 Å². The van der Waals surface area contributed by atoms with E-state index in [-0.39, 0.29) is 11.9 Å². The van der Waals surface area contributed by atoms with Crippen molar-refractivity contribution in [3.8, 4) is 0 Å². The lowest BCUT2D eigenvalue weighted by atomic mass is 10.1. The minimum atomic E-state index is -0.199. The third kappa shape index (κ3) is 8.82. The molecule has 1 aliphatic heterocycles. The van der Waals surface area contributed by atoms with Gasteiger partial charge in [-0.25, -0.2) is 0 Å². The summed E-state index contributed by atoms with van der Waals surface area (Å²) in [5.41, 5.74) is 0. The molecule has 0 atom stereocenters. The van der Waals surface area contributed by atoms with Gasteiger partial charge in [0.25, 0.3) is 0 Å². The number of unbranched alkanes of at least 4 members (excludes halogenated alkanes) is 5. The molecule has 0 N–H and O–H groups in total. The molecule has 0 aromatic carbocycles. The number of amides is 1. The maximum absolute atomic E-state index is 11.9. The molecule has 0 bridgehead atoms. The van der Waals surface area contributed by atoms with Crippen LogP contribution in [0.15, 0.2) is 12.2 Å². The average Bonchev–Trinajstić information content (AvgIpc) is 2.49. The summed E-state index contributed by atoms with van der Waals surface area (Å²) >= 11 is 0. The molecule has 5 heteroatoms. The lowest BCUT2D eigenvalue weighted by Gasteiger charge is -2.31. The number of hydrogen-bond acceptors (Lipinski definition) is 4. The zero-order chi connectivity index (χ0) is 16.2. The fraction of sp³-hybridized carbons (Fsp3) is 0.765. The van der Waals surface area contributed by atoms with Crippen LogP contribution in [-0.4, -0.2) is 61.5 Å². The fourth-order valence-corrected chi connectivity index (χ4v) is 2.43. The zero-order valence-electron chi connectivity index (χ0n) is 14.1. The molecule has 0 aromatic rings. The summed E-state index contributed by atoms with van der Waals surface area (Å²) < 4.78 is 4.88. The third-order valence-corrected chi connectivity index (χ3v) is 3.90. The molecule has 1 heterocycles. The Morgan fingerprint density at radius 3 is 2.32 bits per heavy atom. The lowest BCUT2D eigenvalue weighted by Crippen LogP contribution is -2.46. The predicted molar refractivity (Wildman–Crippen MR) is 87.6 cm³/mol. The van der Waals surface area contributed by atoms with Crippen molar-refractivity contribution < 1.29 is 14.3 Å². The van der Waals surface area contributed by atoms with Crippen LogP contribution in [0.2, 0.25) is 0 Å². The second-order valence-electron chi connectivity index (χ2n) is 5.93. The molecule has 0 spiro atoms. The molecule has 0 radical (unpaired) electrons. The van der Waals surface area contributed by atoms with E-state index in [9.17, 15) is 9.59 Å². The molecule has 126 valence electrons. The molecule has 1 rings (SSSR count). The molecule has 0 aliphatic carbocycles. The summed E-state index contributed by atoms with van der Waals surface area (Å²) in [4.78, 5) is 26.7. The quantitative estimate of drug-likeness (QED) is 0.372. The van der Waals surface area contributed by atoms with Gasteiger partial charge in [0.05, 0.1) is 6.61 Å². The van der Waals surface area contributed by atoms with E-state index < -0.39 is 0 Å². The van der Waals surface area contributed by atoms with Crippen molar-refractivity contribution in [3.63, 3.8) is 0 Å². The van der Waals surface area contributed by atoms with E-state index in [1.807, 2.05) is 11.0 Å². The van der Waals surface area contributed by atoms with Gasteiger partial charge in [0.15, 0.2) is 0 Å². The van der Waals surface area contributed by atoms with Gasteiger partial charge in [-0.05, 0) is 32.4 Å². The van der Waals surface area contributed by atoms with Gasteiger partial charge in [-0.2, -0.15) is 0 Å². The van der Waals surface area contributed by atoms with E-state index in [0.29, 0.717) is 6.61 Å². The maximum Gasteiger partial charge on any atom is 0.302 e. The van der Waals surface area contributed by atoms with Crippen LogP contribution in [0.4, 0.5) is 0 Å². The van der Waals surface area contributed by atoms with Crippen LogP contribution in [0.3, 0.4) is 0 Å². The smallest absolute Gasteiger partial charge is 0.302 e. The Morgan fingerprint density at radius 1 is 1.00 bits per heavy atom. The van der Waals surface area contributed by atoms with Gasteiger partial charge in [-0.1, -0.05) is 25.3 Å². The Kier molecular flexibility index (Phi) is 9.55. The molecule has 1 saturated heterocycles. The summed E-state index contributed by atoms with van der Waals surface area (Å²) in [5, 5.41) is 0. The molecule has 1 amide bonds. The summed E-state index contributed by atoms with van der Waals surface area (Å²) in [7, 11) is 2.09. The number of esters is 1. The van der Waals surface area contributed by atoms with Crippen molar-refractivity contribution in [1.82, 2.24) is 9.80 Å². The number of allylic oxidation sites excluding steroid dienone is 1. The van der Waals surface area contributed by atoms with Crippen LogP contribution in [-0.2, 0) is 14.3 Å². The Labute approximate surface area is 134 Å². The Bertz CT molecular complexity index is 361. The zero-order valence-corrected chi connectivity index (χ0v) is 14.1. The summed E-state index contributed by atoms with van der Waals surface area (Å²) in [5.74, 6) is -0.0513. The highest BCUT2D eigenvalue weighted by Crippen LogP contribution is 2.07. The minimum absolute atomic E-state index is 0.148. The number of carbonyl (C=O) groups is 2. The molecule has 1 fully saturated rings. The van der Waals surface area contributed by atoms with Crippen molar-refractivity contribution in [2.75, 3.05) is 39.8 Å². The van der Waals surface area contributed by atoms with Crippen LogP contribution in [0, 0.1) is 0 Å². The van der Waals surface area contributed by atoms with Gasteiger partial charge in [-0.15, -0.1) is 0 Å². The first-order chi connectivity index (χ1) is 10.6. The summed E-state index contributed by atoms with van der Waals surface area (Å²) in [6.45, 7) is 5.58. The topological polar surface area (TPSA) is 49.9 Å². The van der Waals surface area contributed by atoms with Crippen LogP contribution < -0.4 is 0 Å². The SMILES string of the molecule is CC(=O)OCCCCCCCC=CC(=O)N1CCN(C)CC1. The van der Waals surface area contributed by atoms with Crippen LogP contribution in [0.25, 0.3) is 0 Å². The van der Waals surface area contributed by atoms with Crippen molar-refractivity contribution in [2.24, 2.45) is 0 Å². The molecule has 0 saturated carbocycles. The number of hydrogen-bond donors (Lipinski definition) is 0. The standard InChI is InChI=1S/C17H30N2O3/c1-16(20)22-15-9-7-5-3-4-6-8-10-17(21)19-13-11-18(2)12-14-19/h8,10H,3-7,9,11-15H2,1-2H3. The second-order valence-corrected chi connectivity index (χ2v) is 5.93. The number of likely N-dealkylation sites (N-methyl/N-ethyl adjacent to an activating group) is 1. The third-order valence-electron chi connectivity index (χ3n) is 3.90. The Hall–Kier alpha value is -1.36. The van der Waals surface area contributed by atoms with E-state index in [0.717, 1.165) is 64.7 Å². The minimum Gasteiger partial charge on any atom is -0.466 e. The van der Waals surface area contributed by atoms with Crippen molar-refractivity contribution in [2.45, 2.75) is 45.4 Å². The largest absolute Gasteiger partial charge is 0.466 e. The van der Waals surface area contributed by atoms with E-state index in [1.165, 1.54) is 6.92 Å². The molecular weight excluding hydrogens is 280 g/mol. The van der Waals surface area contributed by atoms with Gasteiger partial charge in [0.2, 0.25) is 5.91 Å². The van der Waals surface area contributed by atoms with Gasteiger partial charge >= 0.3 is 5.97 Å². The summed E-state index contributed by atoms with van der Waals surface area (Å²) in [6.07, 6.45) is 10.2. The van der Waals surface area contributed by atoms with Crippen LogP contribution in [0.1, 0.15) is 45.4 Å². The van der Waals surface area contributed by atoms with Crippen molar-refractivity contribution in [1.29, 1.82) is 0 Å². The Morgan fingerprint density at radius 2 is 1.64 bits per heavy atom. The molecule has 1 aliphatic rings. The molecule has 22 heavy (non-hydrogen) atoms. The first kappa shape index (κ1) is 18.7. The van der Waals surface area contributed by atoms with Gasteiger partial charge in [0.1, 0.15) is 0 Å². The highest BCUT2D eigenvalue weighted by Gasteiger charge is 2.16. The van der Waals surface area contributed by atoms with Gasteiger partial charge < -0.3 is 14.5 Å². The molecule has 0 unspecified atom stereocenters. The molecule has 0 aromatic heterocycles. The van der Waals surface area contributed by atoms with E-state index in [1.54, 1.807) is 6.08 Å². The summed E-state index contributed by atoms with van der Waals surface area (Å²) in [6, 6.07) is 0.